The third-order valence-electron chi connectivity index (χ3n) is 2.72. The first kappa shape index (κ1) is 16.7. The van der Waals surface area contributed by atoms with E-state index < -0.39 is 41.1 Å². The number of alkyl halides is 6. The minimum Gasteiger partial charge on any atom is -0.475 e. The molecule has 0 aliphatic rings. The van der Waals surface area contributed by atoms with Crippen LogP contribution in [0.5, 0.6) is 0 Å². The van der Waals surface area contributed by atoms with Crippen molar-refractivity contribution in [2.75, 3.05) is 0 Å². The standard InChI is InChI=1S/C13H6F6N2O2/c14-12(15,16)7-3-1-6(2-4-7)8-5-9(13(17,18)19)21-10(20-8)11(22)23/h1-5H,(H,22,23). The van der Waals surface area contributed by atoms with Gasteiger partial charge in [0, 0.05) is 5.56 Å². The van der Waals surface area contributed by atoms with Crippen LogP contribution in [0.25, 0.3) is 11.3 Å². The van der Waals surface area contributed by atoms with Crippen LogP contribution in [0.4, 0.5) is 26.3 Å². The van der Waals surface area contributed by atoms with Crippen LogP contribution in [0.2, 0.25) is 0 Å². The lowest BCUT2D eigenvalue weighted by Gasteiger charge is -2.10. The molecule has 122 valence electrons. The number of halogens is 6. The monoisotopic (exact) mass is 336 g/mol. The number of nitrogens with zero attached hydrogens (tertiary/aromatic N) is 2. The summed E-state index contributed by atoms with van der Waals surface area (Å²) < 4.78 is 75.5. The molecule has 0 saturated carbocycles. The summed E-state index contributed by atoms with van der Waals surface area (Å²) in [6, 6.07) is 3.58. The average Bonchev–Trinajstić information content (AvgIpc) is 2.45. The molecule has 0 aliphatic carbocycles. The molecule has 0 spiro atoms. The molecule has 2 aromatic rings. The number of rotatable bonds is 2. The predicted molar refractivity (Wildman–Crippen MR) is 64.4 cm³/mol. The summed E-state index contributed by atoms with van der Waals surface area (Å²) in [6.45, 7) is 0. The van der Waals surface area contributed by atoms with E-state index in [2.05, 4.69) is 9.97 Å². The highest BCUT2D eigenvalue weighted by molar-refractivity contribution is 5.84. The average molecular weight is 336 g/mol. The summed E-state index contributed by atoms with van der Waals surface area (Å²) in [5, 5.41) is 8.76. The van der Waals surface area contributed by atoms with Crippen molar-refractivity contribution in [3.63, 3.8) is 0 Å². The summed E-state index contributed by atoms with van der Waals surface area (Å²) in [7, 11) is 0. The second kappa shape index (κ2) is 5.52. The molecule has 1 heterocycles. The second-order valence-corrected chi connectivity index (χ2v) is 4.34. The van der Waals surface area contributed by atoms with Gasteiger partial charge in [0.1, 0.15) is 5.69 Å². The predicted octanol–water partition coefficient (Wildman–Crippen LogP) is 3.88. The Morgan fingerprint density at radius 3 is 1.91 bits per heavy atom. The Kier molecular flexibility index (Phi) is 4.01. The molecule has 0 unspecified atom stereocenters. The second-order valence-electron chi connectivity index (χ2n) is 4.34. The zero-order chi connectivity index (χ0) is 17.4. The van der Waals surface area contributed by atoms with Crippen LogP contribution in [0, 0.1) is 0 Å². The molecule has 2 rings (SSSR count). The van der Waals surface area contributed by atoms with Crippen molar-refractivity contribution >= 4 is 5.97 Å². The summed E-state index contributed by atoms with van der Waals surface area (Å²) >= 11 is 0. The van der Waals surface area contributed by atoms with Gasteiger partial charge in [-0.05, 0) is 18.2 Å². The normalized spacial score (nSPS) is 12.3. The van der Waals surface area contributed by atoms with Gasteiger partial charge in [-0.3, -0.25) is 0 Å². The fourth-order valence-electron chi connectivity index (χ4n) is 1.67. The molecular weight excluding hydrogens is 330 g/mol. The minimum atomic E-state index is -4.92. The van der Waals surface area contributed by atoms with E-state index in [1.807, 2.05) is 0 Å². The minimum absolute atomic E-state index is 0.103. The molecular formula is C13H6F6N2O2. The Bertz CT molecular complexity index is 738. The summed E-state index contributed by atoms with van der Waals surface area (Å²) in [5.74, 6) is -2.89. The highest BCUT2D eigenvalue weighted by Gasteiger charge is 2.35. The summed E-state index contributed by atoms with van der Waals surface area (Å²) in [6.07, 6.45) is -9.53. The molecule has 1 aromatic heterocycles. The smallest absolute Gasteiger partial charge is 0.433 e. The molecule has 0 aliphatic heterocycles. The Hall–Kier alpha value is -2.65. The van der Waals surface area contributed by atoms with E-state index in [0.717, 1.165) is 12.1 Å². The zero-order valence-corrected chi connectivity index (χ0v) is 10.9. The SMILES string of the molecule is O=C(O)c1nc(-c2ccc(C(F)(F)F)cc2)cc(C(F)(F)F)n1. The van der Waals surface area contributed by atoms with Crippen LogP contribution in [0.15, 0.2) is 30.3 Å². The quantitative estimate of drug-likeness (QED) is 0.846. The first-order valence-corrected chi connectivity index (χ1v) is 5.85. The molecule has 1 aromatic carbocycles. The van der Waals surface area contributed by atoms with Gasteiger partial charge in [-0.25, -0.2) is 14.8 Å². The van der Waals surface area contributed by atoms with Crippen molar-refractivity contribution in [2.45, 2.75) is 12.4 Å². The topological polar surface area (TPSA) is 63.1 Å². The largest absolute Gasteiger partial charge is 0.475 e. The molecule has 23 heavy (non-hydrogen) atoms. The maximum atomic E-state index is 12.7. The number of aromatic nitrogens is 2. The van der Waals surface area contributed by atoms with Crippen molar-refractivity contribution in [3.05, 3.63) is 47.4 Å². The number of carboxylic acids is 1. The van der Waals surface area contributed by atoms with Gasteiger partial charge in [0.2, 0.25) is 5.82 Å². The molecule has 0 atom stereocenters. The fraction of sp³-hybridized carbons (Fsp3) is 0.154. The Balaban J connectivity index is 2.54. The molecule has 4 nitrogen and oxygen atoms in total. The first-order chi connectivity index (χ1) is 10.5. The maximum Gasteiger partial charge on any atom is 0.433 e. The first-order valence-electron chi connectivity index (χ1n) is 5.85. The number of benzene rings is 1. The highest BCUT2D eigenvalue weighted by atomic mass is 19.4. The number of aromatic carboxylic acids is 1. The summed E-state index contributed by atoms with van der Waals surface area (Å²) in [4.78, 5) is 17.1. The van der Waals surface area contributed by atoms with Gasteiger partial charge < -0.3 is 5.11 Å². The van der Waals surface area contributed by atoms with Gasteiger partial charge in [-0.2, -0.15) is 26.3 Å². The lowest BCUT2D eigenvalue weighted by molar-refractivity contribution is -0.141. The van der Waals surface area contributed by atoms with E-state index in [4.69, 9.17) is 5.11 Å². The molecule has 0 saturated heterocycles. The van der Waals surface area contributed by atoms with Crippen LogP contribution in [0.3, 0.4) is 0 Å². The number of hydrogen-bond acceptors (Lipinski definition) is 3. The van der Waals surface area contributed by atoms with Gasteiger partial charge in [-0.15, -0.1) is 0 Å². The van der Waals surface area contributed by atoms with E-state index in [-0.39, 0.29) is 5.56 Å². The van der Waals surface area contributed by atoms with Gasteiger partial charge in [-0.1, -0.05) is 12.1 Å². The fourth-order valence-corrected chi connectivity index (χ4v) is 1.67. The van der Waals surface area contributed by atoms with Gasteiger partial charge in [0.25, 0.3) is 0 Å². The Labute approximate surface area is 124 Å². The lowest BCUT2D eigenvalue weighted by atomic mass is 10.1. The van der Waals surface area contributed by atoms with Crippen LogP contribution >= 0.6 is 0 Å². The number of carbonyl (C=O) groups is 1. The van der Waals surface area contributed by atoms with Crippen molar-refractivity contribution < 1.29 is 36.2 Å². The third kappa shape index (κ3) is 3.76. The van der Waals surface area contributed by atoms with Gasteiger partial charge >= 0.3 is 18.3 Å². The van der Waals surface area contributed by atoms with E-state index in [9.17, 15) is 31.1 Å². The molecule has 0 amide bonds. The maximum absolute atomic E-state index is 12.7. The van der Waals surface area contributed by atoms with Crippen LogP contribution in [-0.2, 0) is 12.4 Å². The van der Waals surface area contributed by atoms with Crippen molar-refractivity contribution in [2.24, 2.45) is 0 Å². The van der Waals surface area contributed by atoms with Crippen molar-refractivity contribution in [3.8, 4) is 11.3 Å². The third-order valence-corrected chi connectivity index (χ3v) is 2.72. The van der Waals surface area contributed by atoms with E-state index in [1.165, 1.54) is 0 Å². The molecule has 0 bridgehead atoms. The lowest BCUT2D eigenvalue weighted by Crippen LogP contribution is -2.14. The Morgan fingerprint density at radius 2 is 1.48 bits per heavy atom. The van der Waals surface area contributed by atoms with Crippen molar-refractivity contribution in [1.29, 1.82) is 0 Å². The summed E-state index contributed by atoms with van der Waals surface area (Å²) in [5.41, 5.74) is -3.04. The molecule has 10 heteroatoms. The zero-order valence-electron chi connectivity index (χ0n) is 10.9. The highest BCUT2D eigenvalue weighted by Crippen LogP contribution is 2.32. The van der Waals surface area contributed by atoms with Crippen molar-refractivity contribution in [1.82, 2.24) is 9.97 Å². The van der Waals surface area contributed by atoms with Crippen LogP contribution in [0.1, 0.15) is 21.9 Å². The van der Waals surface area contributed by atoms with E-state index in [1.54, 1.807) is 0 Å². The molecule has 1 N–H and O–H groups in total. The van der Waals surface area contributed by atoms with E-state index >= 15 is 0 Å². The molecule has 0 radical (unpaired) electrons. The Morgan fingerprint density at radius 1 is 0.913 bits per heavy atom. The van der Waals surface area contributed by atoms with E-state index in [0.29, 0.717) is 18.2 Å². The molecule has 0 fully saturated rings. The van der Waals surface area contributed by atoms with Crippen LogP contribution < -0.4 is 0 Å². The number of hydrogen-bond donors (Lipinski definition) is 1. The number of carboxylic acid groups (broad SMARTS) is 1. The van der Waals surface area contributed by atoms with Gasteiger partial charge in [0.05, 0.1) is 11.3 Å². The van der Waals surface area contributed by atoms with Crippen LogP contribution in [-0.4, -0.2) is 21.0 Å². The van der Waals surface area contributed by atoms with Gasteiger partial charge in [0.15, 0.2) is 0 Å².